The second kappa shape index (κ2) is 15.5. The average molecular weight is 624 g/mol. The molecule has 1 aliphatic heterocycles. The number of hydrogen-bond acceptors (Lipinski definition) is 6. The zero-order valence-electron chi connectivity index (χ0n) is 23.9. The molecule has 41 heavy (non-hydrogen) atoms. The molecule has 10 heteroatoms. The van der Waals surface area contributed by atoms with Gasteiger partial charge in [-0.15, -0.1) is 0 Å². The Morgan fingerprint density at radius 3 is 2.56 bits per heavy atom. The van der Waals surface area contributed by atoms with Crippen LogP contribution in [0.25, 0.3) is 10.9 Å². The van der Waals surface area contributed by atoms with Gasteiger partial charge in [0.1, 0.15) is 22.8 Å². The number of aryl methyl sites for hydroxylation is 1. The predicted molar refractivity (Wildman–Crippen MR) is 164 cm³/mol. The van der Waals surface area contributed by atoms with E-state index in [1.54, 1.807) is 13.1 Å². The number of ether oxygens (including phenoxy) is 3. The summed E-state index contributed by atoms with van der Waals surface area (Å²) in [5, 5.41) is 1.37. The molecule has 7 nitrogen and oxygen atoms in total. The minimum atomic E-state index is -3.80. The minimum absolute atomic E-state index is 0.0121. The molecule has 0 spiro atoms. The topological polar surface area (TPSA) is 78.0 Å². The van der Waals surface area contributed by atoms with Gasteiger partial charge in [-0.25, -0.2) is 17.7 Å². The number of benzene rings is 2. The Hall–Kier alpha value is -1.94. The summed E-state index contributed by atoms with van der Waals surface area (Å²) in [7, 11) is -2.21. The second-order valence-electron chi connectivity index (χ2n) is 10.5. The monoisotopic (exact) mass is 622 g/mol. The highest BCUT2D eigenvalue weighted by Gasteiger charge is 2.26. The van der Waals surface area contributed by atoms with Crippen LogP contribution < -0.4 is 4.74 Å². The van der Waals surface area contributed by atoms with Crippen molar-refractivity contribution < 1.29 is 22.6 Å². The van der Waals surface area contributed by atoms with Gasteiger partial charge in [-0.05, 0) is 63.3 Å². The molecular formula is C31H40Cl2N2O5S. The Labute approximate surface area is 254 Å². The molecule has 0 N–H and O–H groups in total. The maximum atomic E-state index is 13.4. The van der Waals surface area contributed by atoms with Crippen molar-refractivity contribution in [1.29, 1.82) is 0 Å². The summed E-state index contributed by atoms with van der Waals surface area (Å²) < 4.78 is 45.6. The van der Waals surface area contributed by atoms with Crippen molar-refractivity contribution in [3.05, 3.63) is 63.8 Å². The number of hydrogen-bond donors (Lipinski definition) is 0. The van der Waals surface area contributed by atoms with Crippen LogP contribution in [0.2, 0.25) is 10.0 Å². The number of rotatable bonds is 15. The molecule has 2 aromatic carbocycles. The molecule has 0 radical (unpaired) electrons. The summed E-state index contributed by atoms with van der Waals surface area (Å²) in [4.78, 5) is 4.61. The molecule has 0 bridgehead atoms. The third kappa shape index (κ3) is 8.78. The lowest BCUT2D eigenvalue weighted by atomic mass is 10.1. The van der Waals surface area contributed by atoms with Gasteiger partial charge in [0.05, 0.1) is 5.02 Å². The summed E-state index contributed by atoms with van der Waals surface area (Å²) in [6.07, 6.45) is 9.28. The molecule has 1 unspecified atom stereocenters. The summed E-state index contributed by atoms with van der Waals surface area (Å²) in [6, 6.07) is 12.6. The zero-order chi connectivity index (χ0) is 29.2. The molecule has 0 amide bonds. The molecule has 1 atom stereocenters. The van der Waals surface area contributed by atoms with Crippen LogP contribution in [-0.2, 0) is 26.1 Å². The standard InChI is InChI=1S/C31H40Cl2N2O5S/c1-23-15-16-24-12-11-13-27(31(24)34-23)40-22-25-26(32)17-18-28(30(25)33)41(36,37)35(2)19-8-5-3-4-6-9-20-38-29-14-7-10-21-39-29/h11-13,15-18,29H,3-10,14,19-22H2,1-2H3. The normalized spacial score (nSPS) is 16.0. The molecule has 1 aliphatic rings. The van der Waals surface area contributed by atoms with Gasteiger partial charge in [-0.3, -0.25) is 0 Å². The van der Waals surface area contributed by atoms with Crippen LogP contribution in [0.15, 0.2) is 47.4 Å². The van der Waals surface area contributed by atoms with Crippen molar-refractivity contribution in [3.63, 3.8) is 0 Å². The van der Waals surface area contributed by atoms with Crippen LogP contribution in [0.3, 0.4) is 0 Å². The van der Waals surface area contributed by atoms with Gasteiger partial charge >= 0.3 is 0 Å². The summed E-state index contributed by atoms with van der Waals surface area (Å²) in [5.41, 5.74) is 2.02. The van der Waals surface area contributed by atoms with Crippen molar-refractivity contribution in [3.8, 4) is 5.75 Å². The fourth-order valence-corrected chi connectivity index (χ4v) is 6.95. The maximum absolute atomic E-state index is 13.4. The Morgan fingerprint density at radius 1 is 1.00 bits per heavy atom. The third-order valence-electron chi connectivity index (χ3n) is 7.34. The Balaban J connectivity index is 1.26. The third-order valence-corrected chi connectivity index (χ3v) is 10.1. The van der Waals surface area contributed by atoms with Crippen molar-refractivity contribution in [2.75, 3.05) is 26.8 Å². The van der Waals surface area contributed by atoms with Crippen LogP contribution in [0.5, 0.6) is 5.75 Å². The average Bonchev–Trinajstić information content (AvgIpc) is 2.96. The van der Waals surface area contributed by atoms with Crippen molar-refractivity contribution >= 4 is 44.1 Å². The molecule has 224 valence electrons. The smallest absolute Gasteiger partial charge is 0.244 e. The van der Waals surface area contributed by atoms with Gasteiger partial charge < -0.3 is 14.2 Å². The first-order valence-corrected chi connectivity index (χ1v) is 16.6. The van der Waals surface area contributed by atoms with Gasteiger partial charge in [0.2, 0.25) is 10.0 Å². The van der Waals surface area contributed by atoms with Crippen molar-refractivity contribution in [2.24, 2.45) is 0 Å². The van der Waals surface area contributed by atoms with Crippen LogP contribution in [0.1, 0.15) is 69.0 Å². The van der Waals surface area contributed by atoms with E-state index in [1.165, 1.54) is 16.8 Å². The van der Waals surface area contributed by atoms with E-state index in [2.05, 4.69) is 4.98 Å². The number of sulfonamides is 1. The van der Waals surface area contributed by atoms with Crippen LogP contribution in [-0.4, -0.2) is 50.8 Å². The summed E-state index contributed by atoms with van der Waals surface area (Å²) in [6.45, 7) is 3.88. The lowest BCUT2D eigenvalue weighted by Gasteiger charge is -2.22. The highest BCUT2D eigenvalue weighted by molar-refractivity contribution is 7.89. The fraction of sp³-hybridized carbons (Fsp3) is 0.516. The Kier molecular flexibility index (Phi) is 12.1. The van der Waals surface area contributed by atoms with E-state index in [0.717, 1.165) is 81.2 Å². The molecule has 1 fully saturated rings. The number of pyridine rings is 1. The largest absolute Gasteiger partial charge is 0.487 e. The maximum Gasteiger partial charge on any atom is 0.244 e. The van der Waals surface area contributed by atoms with E-state index in [4.69, 9.17) is 37.4 Å². The SMILES string of the molecule is Cc1ccc2cccc(OCc3c(Cl)ccc(S(=O)(=O)N(C)CCCCCCCCOC4CCCCO4)c3Cl)c2n1. The Morgan fingerprint density at radius 2 is 1.78 bits per heavy atom. The second-order valence-corrected chi connectivity index (χ2v) is 13.3. The molecule has 1 saturated heterocycles. The van der Waals surface area contributed by atoms with E-state index < -0.39 is 10.0 Å². The van der Waals surface area contributed by atoms with Crippen molar-refractivity contribution in [2.45, 2.75) is 82.5 Å². The van der Waals surface area contributed by atoms with E-state index in [-0.39, 0.29) is 22.8 Å². The molecule has 2 heterocycles. The van der Waals surface area contributed by atoms with E-state index in [9.17, 15) is 8.42 Å². The summed E-state index contributed by atoms with van der Waals surface area (Å²) in [5.74, 6) is 0.578. The number of fused-ring (bicyclic) bond motifs is 1. The zero-order valence-corrected chi connectivity index (χ0v) is 26.2. The van der Waals surface area contributed by atoms with E-state index >= 15 is 0 Å². The highest BCUT2D eigenvalue weighted by Crippen LogP contribution is 2.34. The molecule has 0 saturated carbocycles. The first-order valence-electron chi connectivity index (χ1n) is 14.4. The molecule has 3 aromatic rings. The number of halogens is 2. The fourth-order valence-electron chi connectivity index (χ4n) is 4.88. The first-order chi connectivity index (χ1) is 19.8. The molecule has 0 aliphatic carbocycles. The van der Waals surface area contributed by atoms with Crippen LogP contribution in [0.4, 0.5) is 0 Å². The van der Waals surface area contributed by atoms with Gasteiger partial charge in [-0.1, -0.05) is 67.1 Å². The number of nitrogens with zero attached hydrogens (tertiary/aromatic N) is 2. The predicted octanol–water partition coefficient (Wildman–Crippen LogP) is 7.93. The quantitative estimate of drug-likeness (QED) is 0.160. The highest BCUT2D eigenvalue weighted by atomic mass is 35.5. The van der Waals surface area contributed by atoms with Gasteiger partial charge in [-0.2, -0.15) is 0 Å². The lowest BCUT2D eigenvalue weighted by Crippen LogP contribution is -2.28. The van der Waals surface area contributed by atoms with Gasteiger partial charge in [0, 0.05) is 48.5 Å². The number of unbranched alkanes of at least 4 members (excludes halogenated alkanes) is 5. The first kappa shape index (κ1) is 32.0. The van der Waals surface area contributed by atoms with Crippen LogP contribution >= 0.6 is 23.2 Å². The molecule has 1 aromatic heterocycles. The lowest BCUT2D eigenvalue weighted by molar-refractivity contribution is -0.162. The Bertz CT molecular complexity index is 1400. The van der Waals surface area contributed by atoms with Crippen LogP contribution in [0, 0.1) is 6.92 Å². The summed E-state index contributed by atoms with van der Waals surface area (Å²) >= 11 is 13.1. The van der Waals surface area contributed by atoms with Gasteiger partial charge in [0.25, 0.3) is 0 Å². The van der Waals surface area contributed by atoms with Gasteiger partial charge in [0.15, 0.2) is 6.29 Å². The van der Waals surface area contributed by atoms with Crippen molar-refractivity contribution in [1.82, 2.24) is 9.29 Å². The molecule has 4 rings (SSSR count). The van der Waals surface area contributed by atoms with E-state index in [1.807, 2.05) is 37.3 Å². The minimum Gasteiger partial charge on any atom is -0.487 e. The molecular weight excluding hydrogens is 583 g/mol. The number of para-hydroxylation sites is 1. The van der Waals surface area contributed by atoms with E-state index in [0.29, 0.717) is 22.9 Å². The number of aromatic nitrogens is 1.